The lowest BCUT2D eigenvalue weighted by molar-refractivity contribution is -0.132. The molecule has 1 rings (SSSR count). The lowest BCUT2D eigenvalue weighted by Crippen LogP contribution is -2.10. The summed E-state index contributed by atoms with van der Waals surface area (Å²) in [4.78, 5) is 21.8. The van der Waals surface area contributed by atoms with Crippen molar-refractivity contribution < 1.29 is 19.1 Å². The van der Waals surface area contributed by atoms with E-state index in [-0.39, 0.29) is 23.3 Å². The maximum atomic E-state index is 10.9. The van der Waals surface area contributed by atoms with Crippen LogP contribution in [-0.2, 0) is 9.59 Å². The third-order valence-corrected chi connectivity index (χ3v) is 1.92. The van der Waals surface area contributed by atoms with E-state index in [1.165, 1.54) is 6.07 Å². The molecule has 0 radical (unpaired) electrons. The maximum absolute atomic E-state index is 10.9. The zero-order valence-electron chi connectivity index (χ0n) is 8.11. The first kappa shape index (κ1) is 12.8. The zero-order chi connectivity index (χ0) is 12.0. The third-order valence-electron chi connectivity index (χ3n) is 1.49. The summed E-state index contributed by atoms with van der Waals surface area (Å²) in [6.45, 7) is 0. The summed E-state index contributed by atoms with van der Waals surface area (Å²) in [6.07, 6.45) is 0. The number of halogens is 2. The molecule has 0 N–H and O–H groups in total. The highest BCUT2D eigenvalue weighted by atomic mass is 35.5. The molecule has 0 aromatic heterocycles. The number of alkyl halides is 2. The van der Waals surface area contributed by atoms with E-state index in [0.717, 1.165) is 0 Å². The van der Waals surface area contributed by atoms with Gasteiger partial charge < -0.3 is 9.47 Å². The van der Waals surface area contributed by atoms with Crippen molar-refractivity contribution in [1.82, 2.24) is 0 Å². The number of benzene rings is 1. The lowest BCUT2D eigenvalue weighted by atomic mass is 10.3. The second-order valence-corrected chi connectivity index (χ2v) is 3.22. The molecule has 86 valence electrons. The van der Waals surface area contributed by atoms with E-state index in [0.29, 0.717) is 0 Å². The Labute approximate surface area is 102 Å². The molecule has 1 aromatic carbocycles. The summed E-state index contributed by atoms with van der Waals surface area (Å²) < 4.78 is 9.65. The molecule has 16 heavy (non-hydrogen) atoms. The van der Waals surface area contributed by atoms with Crippen molar-refractivity contribution in [2.75, 3.05) is 11.8 Å². The Morgan fingerprint density at radius 1 is 1.00 bits per heavy atom. The Bertz CT molecular complexity index is 359. The Kier molecular flexibility index (Phi) is 5.08. The predicted octanol–water partition coefficient (Wildman–Crippen LogP) is 1.98. The SMILES string of the molecule is O=C(CCl)Oc1cccc(OC(=O)CCl)c1. The smallest absolute Gasteiger partial charge is 0.326 e. The molecule has 0 heterocycles. The van der Waals surface area contributed by atoms with E-state index in [2.05, 4.69) is 0 Å². The van der Waals surface area contributed by atoms with Crippen LogP contribution in [0.1, 0.15) is 0 Å². The van der Waals surface area contributed by atoms with Crippen LogP contribution >= 0.6 is 23.2 Å². The van der Waals surface area contributed by atoms with Crippen LogP contribution < -0.4 is 9.47 Å². The average molecular weight is 263 g/mol. The van der Waals surface area contributed by atoms with E-state index in [9.17, 15) is 9.59 Å². The number of esters is 2. The van der Waals surface area contributed by atoms with Gasteiger partial charge in [0.1, 0.15) is 23.3 Å². The van der Waals surface area contributed by atoms with Crippen molar-refractivity contribution in [2.24, 2.45) is 0 Å². The van der Waals surface area contributed by atoms with Crippen molar-refractivity contribution in [3.05, 3.63) is 24.3 Å². The highest BCUT2D eigenvalue weighted by molar-refractivity contribution is 6.26. The molecule has 0 atom stereocenters. The monoisotopic (exact) mass is 262 g/mol. The van der Waals surface area contributed by atoms with Gasteiger partial charge in [0.05, 0.1) is 0 Å². The normalized spacial score (nSPS) is 9.62. The molecular formula is C10H8Cl2O4. The van der Waals surface area contributed by atoms with Gasteiger partial charge in [0, 0.05) is 6.07 Å². The Hall–Kier alpha value is -1.26. The summed E-state index contributed by atoms with van der Waals surface area (Å²) in [5.74, 6) is -1.14. The van der Waals surface area contributed by atoms with Gasteiger partial charge in [-0.2, -0.15) is 0 Å². The van der Waals surface area contributed by atoms with Gasteiger partial charge in [-0.15, -0.1) is 23.2 Å². The van der Waals surface area contributed by atoms with E-state index < -0.39 is 11.9 Å². The van der Waals surface area contributed by atoms with Gasteiger partial charge in [0.25, 0.3) is 0 Å². The van der Waals surface area contributed by atoms with Crippen LogP contribution in [0.5, 0.6) is 11.5 Å². The minimum Gasteiger partial charge on any atom is -0.426 e. The molecule has 4 nitrogen and oxygen atoms in total. The van der Waals surface area contributed by atoms with Gasteiger partial charge in [0.15, 0.2) is 0 Å². The fourth-order valence-corrected chi connectivity index (χ4v) is 1.03. The van der Waals surface area contributed by atoms with Crippen LogP contribution in [0, 0.1) is 0 Å². The number of hydrogen-bond acceptors (Lipinski definition) is 4. The molecule has 6 heteroatoms. The minimum absolute atomic E-state index is 0.244. The molecule has 0 aliphatic carbocycles. The molecule has 0 fully saturated rings. The summed E-state index contributed by atoms with van der Waals surface area (Å²) in [7, 11) is 0. The second kappa shape index (κ2) is 6.35. The van der Waals surface area contributed by atoms with Gasteiger partial charge in [-0.1, -0.05) is 6.07 Å². The standard InChI is InChI=1S/C10H8Cl2O4/c11-5-9(13)15-7-2-1-3-8(4-7)16-10(14)6-12/h1-4H,5-6H2. The molecular weight excluding hydrogens is 255 g/mol. The first-order valence-corrected chi connectivity index (χ1v) is 5.36. The highest BCUT2D eigenvalue weighted by Crippen LogP contribution is 2.19. The molecule has 1 aromatic rings. The highest BCUT2D eigenvalue weighted by Gasteiger charge is 2.06. The molecule has 0 saturated carbocycles. The number of ether oxygens (including phenoxy) is 2. The fourth-order valence-electron chi connectivity index (χ4n) is 0.919. The van der Waals surface area contributed by atoms with Crippen molar-refractivity contribution in [2.45, 2.75) is 0 Å². The quantitative estimate of drug-likeness (QED) is 0.473. The van der Waals surface area contributed by atoms with Crippen molar-refractivity contribution in [1.29, 1.82) is 0 Å². The number of rotatable bonds is 4. The third kappa shape index (κ3) is 4.08. The van der Waals surface area contributed by atoms with Crippen LogP contribution in [0.4, 0.5) is 0 Å². The van der Waals surface area contributed by atoms with Crippen LogP contribution in [0.25, 0.3) is 0 Å². The molecule has 0 amide bonds. The van der Waals surface area contributed by atoms with E-state index >= 15 is 0 Å². The minimum atomic E-state index is -0.581. The number of carbonyl (C=O) groups excluding carboxylic acids is 2. The van der Waals surface area contributed by atoms with Gasteiger partial charge >= 0.3 is 11.9 Å². The summed E-state index contributed by atoms with van der Waals surface area (Å²) in [5, 5.41) is 0. The molecule has 0 spiro atoms. The topological polar surface area (TPSA) is 52.6 Å². The fraction of sp³-hybridized carbons (Fsp3) is 0.200. The van der Waals surface area contributed by atoms with Crippen LogP contribution in [0.2, 0.25) is 0 Å². The Balaban J connectivity index is 2.71. The van der Waals surface area contributed by atoms with Gasteiger partial charge in [-0.3, -0.25) is 9.59 Å². The van der Waals surface area contributed by atoms with Crippen LogP contribution in [0.3, 0.4) is 0 Å². The maximum Gasteiger partial charge on any atom is 0.326 e. The van der Waals surface area contributed by atoms with Crippen molar-refractivity contribution in [3.63, 3.8) is 0 Å². The first-order valence-electron chi connectivity index (χ1n) is 4.29. The van der Waals surface area contributed by atoms with E-state index in [4.69, 9.17) is 32.7 Å². The molecule has 0 unspecified atom stereocenters. The van der Waals surface area contributed by atoms with Crippen LogP contribution in [-0.4, -0.2) is 23.7 Å². The number of hydrogen-bond donors (Lipinski definition) is 0. The molecule has 0 saturated heterocycles. The van der Waals surface area contributed by atoms with Gasteiger partial charge in [-0.05, 0) is 12.1 Å². The first-order chi connectivity index (χ1) is 7.65. The largest absolute Gasteiger partial charge is 0.426 e. The zero-order valence-corrected chi connectivity index (χ0v) is 9.62. The molecule has 0 bridgehead atoms. The summed E-state index contributed by atoms with van der Waals surface area (Å²) in [5.41, 5.74) is 0. The Morgan fingerprint density at radius 3 is 1.81 bits per heavy atom. The lowest BCUT2D eigenvalue weighted by Gasteiger charge is -2.05. The van der Waals surface area contributed by atoms with Crippen molar-refractivity contribution >= 4 is 35.1 Å². The second-order valence-electron chi connectivity index (χ2n) is 2.69. The van der Waals surface area contributed by atoms with E-state index in [1.807, 2.05) is 0 Å². The summed E-state index contributed by atoms with van der Waals surface area (Å²) >= 11 is 10.5. The van der Waals surface area contributed by atoms with Gasteiger partial charge in [0.2, 0.25) is 0 Å². The van der Waals surface area contributed by atoms with Crippen LogP contribution in [0.15, 0.2) is 24.3 Å². The molecule has 0 aliphatic heterocycles. The predicted molar refractivity (Wildman–Crippen MR) is 59.2 cm³/mol. The van der Waals surface area contributed by atoms with Gasteiger partial charge in [-0.25, -0.2) is 0 Å². The van der Waals surface area contributed by atoms with Crippen molar-refractivity contribution in [3.8, 4) is 11.5 Å². The summed E-state index contributed by atoms with van der Waals surface area (Å²) in [6, 6.07) is 6.06. The number of carbonyl (C=O) groups is 2. The van der Waals surface area contributed by atoms with E-state index in [1.54, 1.807) is 18.2 Å². The average Bonchev–Trinajstić information content (AvgIpc) is 2.29. The molecule has 0 aliphatic rings. The Morgan fingerprint density at radius 2 is 1.44 bits per heavy atom.